The SMILES string of the molecule is CC(=O)OC1(c2ccccc2)Nc2cccn2C=C1c1ccccc1. The molecule has 1 N–H and O–H groups in total. The van der Waals surface area contributed by atoms with Crippen LogP contribution in [-0.2, 0) is 15.3 Å². The van der Waals surface area contributed by atoms with Crippen molar-refractivity contribution in [2.75, 3.05) is 5.32 Å². The second-order valence-corrected chi connectivity index (χ2v) is 5.98. The molecule has 4 heteroatoms. The zero-order chi connectivity index (χ0) is 17.3. The van der Waals surface area contributed by atoms with Crippen molar-refractivity contribution < 1.29 is 9.53 Å². The number of hydrogen-bond acceptors (Lipinski definition) is 3. The standard InChI is InChI=1S/C21H18N2O2/c1-16(24)25-21(18-11-6-3-7-12-18)19(17-9-4-2-5-10-17)15-23-14-8-13-20(23)22-21/h2-15,22H,1H3. The molecule has 1 atom stereocenters. The van der Waals surface area contributed by atoms with E-state index in [0.717, 1.165) is 22.5 Å². The normalized spacial score (nSPS) is 18.7. The van der Waals surface area contributed by atoms with Gasteiger partial charge < -0.3 is 14.6 Å². The van der Waals surface area contributed by atoms with Crippen LogP contribution in [0.3, 0.4) is 0 Å². The second-order valence-electron chi connectivity index (χ2n) is 5.98. The molecule has 0 bridgehead atoms. The molecule has 1 aliphatic heterocycles. The van der Waals surface area contributed by atoms with Crippen molar-refractivity contribution in [3.8, 4) is 0 Å². The van der Waals surface area contributed by atoms with Crippen molar-refractivity contribution in [1.82, 2.24) is 4.57 Å². The van der Waals surface area contributed by atoms with Crippen LogP contribution in [0.2, 0.25) is 0 Å². The van der Waals surface area contributed by atoms with E-state index in [1.807, 2.05) is 89.8 Å². The second kappa shape index (κ2) is 5.98. The Morgan fingerprint density at radius 3 is 2.32 bits per heavy atom. The Kier molecular flexibility index (Phi) is 3.65. The Balaban J connectivity index is 1.98. The van der Waals surface area contributed by atoms with Crippen LogP contribution >= 0.6 is 0 Å². The predicted octanol–water partition coefficient (Wildman–Crippen LogP) is 4.33. The molecular weight excluding hydrogens is 312 g/mol. The summed E-state index contributed by atoms with van der Waals surface area (Å²) >= 11 is 0. The fourth-order valence-electron chi connectivity index (χ4n) is 3.24. The monoisotopic (exact) mass is 330 g/mol. The van der Waals surface area contributed by atoms with Crippen LogP contribution < -0.4 is 5.32 Å². The van der Waals surface area contributed by atoms with Gasteiger partial charge in [0.2, 0.25) is 5.72 Å². The lowest BCUT2D eigenvalue weighted by molar-refractivity contribution is -0.150. The summed E-state index contributed by atoms with van der Waals surface area (Å²) in [5.74, 6) is 0.517. The summed E-state index contributed by atoms with van der Waals surface area (Å²) in [6.07, 6.45) is 3.98. The maximum absolute atomic E-state index is 12.0. The molecule has 4 nitrogen and oxygen atoms in total. The van der Waals surface area contributed by atoms with Gasteiger partial charge in [-0.3, -0.25) is 4.79 Å². The summed E-state index contributed by atoms with van der Waals surface area (Å²) in [5, 5.41) is 3.44. The van der Waals surface area contributed by atoms with Crippen molar-refractivity contribution >= 4 is 23.6 Å². The summed E-state index contributed by atoms with van der Waals surface area (Å²) in [6.45, 7) is 1.43. The Bertz CT molecular complexity index is 929. The summed E-state index contributed by atoms with van der Waals surface area (Å²) in [7, 11) is 0. The number of nitrogens with one attached hydrogen (secondary N) is 1. The number of aromatic nitrogens is 1. The van der Waals surface area contributed by atoms with E-state index in [1.54, 1.807) is 0 Å². The van der Waals surface area contributed by atoms with Gasteiger partial charge in [-0.25, -0.2) is 0 Å². The van der Waals surface area contributed by atoms with E-state index in [1.165, 1.54) is 6.92 Å². The first-order chi connectivity index (χ1) is 12.2. The lowest BCUT2D eigenvalue weighted by Gasteiger charge is -2.40. The zero-order valence-corrected chi connectivity index (χ0v) is 13.8. The fourth-order valence-corrected chi connectivity index (χ4v) is 3.24. The summed E-state index contributed by atoms with van der Waals surface area (Å²) in [4.78, 5) is 12.0. The van der Waals surface area contributed by atoms with Crippen molar-refractivity contribution in [3.05, 3.63) is 90.1 Å². The van der Waals surface area contributed by atoms with Crippen molar-refractivity contribution in [2.45, 2.75) is 12.6 Å². The Morgan fingerprint density at radius 1 is 0.960 bits per heavy atom. The molecular formula is C21H18N2O2. The fraction of sp³-hybridized carbons (Fsp3) is 0.0952. The molecule has 2 heterocycles. The average Bonchev–Trinajstić information content (AvgIpc) is 3.09. The molecule has 0 fully saturated rings. The maximum atomic E-state index is 12.0. The highest BCUT2D eigenvalue weighted by Gasteiger charge is 2.43. The Hall–Kier alpha value is -3.27. The smallest absolute Gasteiger partial charge is 0.305 e. The topological polar surface area (TPSA) is 43.3 Å². The summed E-state index contributed by atoms with van der Waals surface area (Å²) in [5.41, 5.74) is 1.65. The number of carbonyl (C=O) groups excluding carboxylic acids is 1. The van der Waals surface area contributed by atoms with E-state index in [9.17, 15) is 4.79 Å². The molecule has 0 saturated heterocycles. The van der Waals surface area contributed by atoms with Crippen molar-refractivity contribution in [1.29, 1.82) is 0 Å². The molecule has 0 spiro atoms. The van der Waals surface area contributed by atoms with E-state index in [0.29, 0.717) is 0 Å². The summed E-state index contributed by atoms with van der Waals surface area (Å²) < 4.78 is 7.92. The summed E-state index contributed by atoms with van der Waals surface area (Å²) in [6, 6.07) is 23.6. The van der Waals surface area contributed by atoms with E-state index < -0.39 is 5.72 Å². The molecule has 124 valence electrons. The third-order valence-electron chi connectivity index (χ3n) is 4.29. The number of rotatable bonds is 3. The number of hydrogen-bond donors (Lipinski definition) is 1. The first-order valence-corrected chi connectivity index (χ1v) is 8.17. The lowest BCUT2D eigenvalue weighted by atomic mass is 9.88. The number of benzene rings is 2. The first kappa shape index (κ1) is 15.3. The highest BCUT2D eigenvalue weighted by molar-refractivity contribution is 5.89. The molecule has 4 rings (SSSR count). The number of carbonyl (C=O) groups is 1. The number of fused-ring (bicyclic) bond motifs is 1. The molecule has 25 heavy (non-hydrogen) atoms. The van der Waals surface area contributed by atoms with Crippen LogP contribution in [0.25, 0.3) is 11.8 Å². The molecule has 0 amide bonds. The molecule has 2 aromatic carbocycles. The predicted molar refractivity (Wildman–Crippen MR) is 98.5 cm³/mol. The third-order valence-corrected chi connectivity index (χ3v) is 4.29. The van der Waals surface area contributed by atoms with Gasteiger partial charge in [-0.05, 0) is 17.7 Å². The van der Waals surface area contributed by atoms with Crippen LogP contribution in [0.1, 0.15) is 18.1 Å². The number of nitrogens with zero attached hydrogens (tertiary/aromatic N) is 1. The van der Waals surface area contributed by atoms with Crippen molar-refractivity contribution in [2.24, 2.45) is 0 Å². The highest BCUT2D eigenvalue weighted by atomic mass is 16.6. The van der Waals surface area contributed by atoms with Gasteiger partial charge in [0.25, 0.3) is 0 Å². The average molecular weight is 330 g/mol. The van der Waals surface area contributed by atoms with Crippen LogP contribution in [0, 0.1) is 0 Å². The van der Waals surface area contributed by atoms with E-state index in [-0.39, 0.29) is 5.97 Å². The van der Waals surface area contributed by atoms with Gasteiger partial charge in [0.1, 0.15) is 5.82 Å². The molecule has 1 aliphatic rings. The minimum atomic E-state index is -1.08. The van der Waals surface area contributed by atoms with Gasteiger partial charge in [-0.15, -0.1) is 0 Å². The number of esters is 1. The van der Waals surface area contributed by atoms with Crippen LogP contribution in [0.5, 0.6) is 0 Å². The third kappa shape index (κ3) is 2.62. The van der Waals surface area contributed by atoms with E-state index >= 15 is 0 Å². The zero-order valence-electron chi connectivity index (χ0n) is 13.8. The molecule has 1 unspecified atom stereocenters. The quantitative estimate of drug-likeness (QED) is 0.727. The van der Waals surface area contributed by atoms with Gasteiger partial charge in [0.15, 0.2) is 0 Å². The molecule has 1 aromatic heterocycles. The maximum Gasteiger partial charge on any atom is 0.305 e. The Labute approximate surface area is 146 Å². The van der Waals surface area contributed by atoms with Gasteiger partial charge in [0, 0.05) is 30.5 Å². The van der Waals surface area contributed by atoms with E-state index in [4.69, 9.17) is 4.74 Å². The van der Waals surface area contributed by atoms with Crippen LogP contribution in [0.4, 0.5) is 5.82 Å². The lowest BCUT2D eigenvalue weighted by Crippen LogP contribution is -2.43. The highest BCUT2D eigenvalue weighted by Crippen LogP contribution is 2.44. The first-order valence-electron chi connectivity index (χ1n) is 8.17. The Morgan fingerprint density at radius 2 is 1.64 bits per heavy atom. The molecule has 0 aliphatic carbocycles. The largest absolute Gasteiger partial charge is 0.430 e. The molecule has 0 saturated carbocycles. The molecule has 0 radical (unpaired) electrons. The van der Waals surface area contributed by atoms with Gasteiger partial charge in [-0.2, -0.15) is 0 Å². The van der Waals surface area contributed by atoms with Crippen molar-refractivity contribution in [3.63, 3.8) is 0 Å². The van der Waals surface area contributed by atoms with Crippen LogP contribution in [-0.4, -0.2) is 10.5 Å². The number of anilines is 1. The van der Waals surface area contributed by atoms with E-state index in [2.05, 4.69) is 5.32 Å². The van der Waals surface area contributed by atoms with Crippen LogP contribution in [0.15, 0.2) is 79.0 Å². The minimum absolute atomic E-state index is 0.349. The number of ether oxygens (including phenoxy) is 1. The molecule has 3 aromatic rings. The van der Waals surface area contributed by atoms with Gasteiger partial charge in [0.05, 0.1) is 0 Å². The van der Waals surface area contributed by atoms with Gasteiger partial charge in [-0.1, -0.05) is 60.7 Å². The minimum Gasteiger partial charge on any atom is -0.430 e. The van der Waals surface area contributed by atoms with Gasteiger partial charge >= 0.3 is 5.97 Å².